The summed E-state index contributed by atoms with van der Waals surface area (Å²) < 4.78 is 0. The fraction of sp³-hybridized carbons (Fsp3) is 0.600. The number of anilines is 2. The zero-order valence-corrected chi connectivity index (χ0v) is 11.3. The summed E-state index contributed by atoms with van der Waals surface area (Å²) in [5.41, 5.74) is 10.9. The second-order valence-electron chi connectivity index (χ2n) is 5.40. The van der Waals surface area contributed by atoms with E-state index in [1.54, 1.807) is 0 Å². The van der Waals surface area contributed by atoms with Crippen LogP contribution in [-0.2, 0) is 0 Å². The Labute approximate surface area is 105 Å². The van der Waals surface area contributed by atoms with E-state index in [-0.39, 0.29) is 0 Å². The zero-order chi connectivity index (χ0) is 12.4. The lowest BCUT2D eigenvalue weighted by molar-refractivity contribution is 0.428. The van der Waals surface area contributed by atoms with Crippen LogP contribution in [0.3, 0.4) is 0 Å². The van der Waals surface area contributed by atoms with Crippen molar-refractivity contribution in [3.8, 4) is 0 Å². The topological polar surface area (TPSA) is 29.3 Å². The van der Waals surface area contributed by atoms with E-state index in [0.717, 1.165) is 5.69 Å². The second kappa shape index (κ2) is 4.99. The molecule has 2 N–H and O–H groups in total. The highest BCUT2D eigenvalue weighted by Crippen LogP contribution is 2.31. The Kier molecular flexibility index (Phi) is 3.60. The van der Waals surface area contributed by atoms with Crippen LogP contribution < -0.4 is 10.6 Å². The van der Waals surface area contributed by atoms with Gasteiger partial charge in [0, 0.05) is 13.1 Å². The van der Waals surface area contributed by atoms with Gasteiger partial charge in [-0.2, -0.15) is 0 Å². The van der Waals surface area contributed by atoms with Crippen molar-refractivity contribution in [2.24, 2.45) is 0 Å². The van der Waals surface area contributed by atoms with E-state index in [1.165, 1.54) is 48.9 Å². The van der Waals surface area contributed by atoms with Gasteiger partial charge in [-0.1, -0.05) is 19.3 Å². The molecule has 1 saturated carbocycles. The molecule has 0 amide bonds. The van der Waals surface area contributed by atoms with Crippen molar-refractivity contribution in [3.63, 3.8) is 0 Å². The van der Waals surface area contributed by atoms with Crippen molar-refractivity contribution < 1.29 is 0 Å². The van der Waals surface area contributed by atoms with Crippen LogP contribution in [0.4, 0.5) is 11.4 Å². The van der Waals surface area contributed by atoms with E-state index in [2.05, 4.69) is 37.9 Å². The minimum atomic E-state index is 0.674. The van der Waals surface area contributed by atoms with Gasteiger partial charge in [-0.05, 0) is 49.9 Å². The number of benzene rings is 1. The van der Waals surface area contributed by atoms with Gasteiger partial charge in [-0.25, -0.2) is 0 Å². The fourth-order valence-corrected chi connectivity index (χ4v) is 2.79. The van der Waals surface area contributed by atoms with Crippen LogP contribution in [0.25, 0.3) is 0 Å². The molecule has 1 aliphatic rings. The smallest absolute Gasteiger partial charge is 0.0602 e. The lowest BCUT2D eigenvalue weighted by atomic mass is 9.93. The average molecular weight is 232 g/mol. The largest absolute Gasteiger partial charge is 0.397 e. The Morgan fingerprint density at radius 1 is 1.06 bits per heavy atom. The second-order valence-corrected chi connectivity index (χ2v) is 5.40. The molecule has 0 radical (unpaired) electrons. The Hall–Kier alpha value is -1.18. The highest BCUT2D eigenvalue weighted by molar-refractivity contribution is 5.70. The summed E-state index contributed by atoms with van der Waals surface area (Å²) in [6, 6.07) is 5.01. The van der Waals surface area contributed by atoms with Gasteiger partial charge in [0.25, 0.3) is 0 Å². The third-order valence-corrected chi connectivity index (χ3v) is 4.15. The number of nitrogen functional groups attached to an aromatic ring is 1. The molecule has 1 aliphatic carbocycles. The predicted octanol–water partition coefficient (Wildman–Crippen LogP) is 3.65. The Bertz CT molecular complexity index is 392. The lowest BCUT2D eigenvalue weighted by Gasteiger charge is -2.34. The van der Waals surface area contributed by atoms with E-state index in [4.69, 9.17) is 5.73 Å². The van der Waals surface area contributed by atoms with Crippen molar-refractivity contribution >= 4 is 11.4 Å². The summed E-state index contributed by atoms with van der Waals surface area (Å²) in [5.74, 6) is 0. The zero-order valence-electron chi connectivity index (χ0n) is 11.3. The number of nitrogens with two attached hydrogens (primary N) is 1. The highest BCUT2D eigenvalue weighted by atomic mass is 15.1. The Morgan fingerprint density at radius 2 is 1.65 bits per heavy atom. The first-order chi connectivity index (χ1) is 8.09. The van der Waals surface area contributed by atoms with Crippen molar-refractivity contribution in [1.82, 2.24) is 0 Å². The first-order valence-corrected chi connectivity index (χ1v) is 6.69. The molecule has 2 heteroatoms. The maximum absolute atomic E-state index is 6.16. The molecule has 1 fully saturated rings. The summed E-state index contributed by atoms with van der Waals surface area (Å²) >= 11 is 0. The summed E-state index contributed by atoms with van der Waals surface area (Å²) in [6.45, 7) is 4.28. The maximum Gasteiger partial charge on any atom is 0.0602 e. The molecular formula is C15H24N2. The van der Waals surface area contributed by atoms with Crippen LogP contribution in [0.15, 0.2) is 12.1 Å². The predicted molar refractivity (Wildman–Crippen MR) is 75.6 cm³/mol. The third kappa shape index (κ3) is 2.56. The Morgan fingerprint density at radius 3 is 2.29 bits per heavy atom. The minimum absolute atomic E-state index is 0.674. The summed E-state index contributed by atoms with van der Waals surface area (Å²) in [5, 5.41) is 0. The standard InChI is InChI=1S/C15H24N2/c1-11-9-14(16)15(10-12(11)2)17(3)13-7-5-4-6-8-13/h9-10,13H,4-8,16H2,1-3H3. The van der Waals surface area contributed by atoms with Gasteiger partial charge in [0.1, 0.15) is 0 Å². The molecule has 2 rings (SSSR count). The molecular weight excluding hydrogens is 208 g/mol. The average Bonchev–Trinajstić information content (AvgIpc) is 2.34. The molecule has 2 nitrogen and oxygen atoms in total. The van der Waals surface area contributed by atoms with Gasteiger partial charge in [0.2, 0.25) is 0 Å². The van der Waals surface area contributed by atoms with E-state index < -0.39 is 0 Å². The molecule has 17 heavy (non-hydrogen) atoms. The maximum atomic E-state index is 6.16. The van der Waals surface area contributed by atoms with Crippen LogP contribution in [0.2, 0.25) is 0 Å². The number of hydrogen-bond donors (Lipinski definition) is 1. The molecule has 0 heterocycles. The summed E-state index contributed by atoms with van der Waals surface area (Å²) in [4.78, 5) is 2.39. The molecule has 0 aromatic heterocycles. The first-order valence-electron chi connectivity index (χ1n) is 6.69. The van der Waals surface area contributed by atoms with E-state index in [1.807, 2.05) is 0 Å². The minimum Gasteiger partial charge on any atom is -0.397 e. The molecule has 94 valence electrons. The van der Waals surface area contributed by atoms with Crippen molar-refractivity contribution in [2.75, 3.05) is 17.7 Å². The Balaban J connectivity index is 2.23. The van der Waals surface area contributed by atoms with Crippen molar-refractivity contribution in [1.29, 1.82) is 0 Å². The molecule has 0 atom stereocenters. The van der Waals surface area contributed by atoms with Gasteiger partial charge in [0.05, 0.1) is 11.4 Å². The summed E-state index contributed by atoms with van der Waals surface area (Å²) in [7, 11) is 2.19. The number of hydrogen-bond acceptors (Lipinski definition) is 2. The quantitative estimate of drug-likeness (QED) is 0.789. The number of rotatable bonds is 2. The van der Waals surface area contributed by atoms with E-state index in [0.29, 0.717) is 6.04 Å². The van der Waals surface area contributed by atoms with Crippen LogP contribution >= 0.6 is 0 Å². The van der Waals surface area contributed by atoms with Crippen LogP contribution in [0, 0.1) is 13.8 Å². The third-order valence-electron chi connectivity index (χ3n) is 4.15. The number of aryl methyl sites for hydroxylation is 2. The molecule has 0 saturated heterocycles. The van der Waals surface area contributed by atoms with E-state index >= 15 is 0 Å². The molecule has 1 aromatic carbocycles. The summed E-state index contributed by atoms with van der Waals surface area (Å²) in [6.07, 6.45) is 6.73. The van der Waals surface area contributed by atoms with Crippen LogP contribution in [0.5, 0.6) is 0 Å². The SMILES string of the molecule is Cc1cc(N)c(N(C)C2CCCCC2)cc1C. The van der Waals surface area contributed by atoms with E-state index in [9.17, 15) is 0 Å². The lowest BCUT2D eigenvalue weighted by Crippen LogP contribution is -2.33. The molecule has 0 aliphatic heterocycles. The van der Waals surface area contributed by atoms with Crippen molar-refractivity contribution in [3.05, 3.63) is 23.3 Å². The van der Waals surface area contributed by atoms with Crippen LogP contribution in [0.1, 0.15) is 43.2 Å². The van der Waals surface area contributed by atoms with Gasteiger partial charge in [0.15, 0.2) is 0 Å². The van der Waals surface area contributed by atoms with Crippen LogP contribution in [-0.4, -0.2) is 13.1 Å². The molecule has 0 unspecified atom stereocenters. The van der Waals surface area contributed by atoms with Gasteiger partial charge >= 0.3 is 0 Å². The number of nitrogens with zero attached hydrogens (tertiary/aromatic N) is 1. The van der Waals surface area contributed by atoms with Gasteiger partial charge < -0.3 is 10.6 Å². The monoisotopic (exact) mass is 232 g/mol. The molecule has 0 bridgehead atoms. The normalized spacial score (nSPS) is 17.1. The van der Waals surface area contributed by atoms with Gasteiger partial charge in [-0.3, -0.25) is 0 Å². The first kappa shape index (κ1) is 12.3. The highest BCUT2D eigenvalue weighted by Gasteiger charge is 2.19. The van der Waals surface area contributed by atoms with Crippen molar-refractivity contribution in [2.45, 2.75) is 52.0 Å². The fourth-order valence-electron chi connectivity index (χ4n) is 2.79. The molecule has 1 aromatic rings. The van der Waals surface area contributed by atoms with Gasteiger partial charge in [-0.15, -0.1) is 0 Å². The molecule has 0 spiro atoms.